The third-order valence-electron chi connectivity index (χ3n) is 3.69. The van der Waals surface area contributed by atoms with Crippen molar-refractivity contribution in [3.05, 3.63) is 24.3 Å². The van der Waals surface area contributed by atoms with Crippen LogP contribution in [-0.4, -0.2) is 55.9 Å². The normalized spacial score (nSPS) is 18.4. The third-order valence-corrected chi connectivity index (χ3v) is 3.69. The van der Waals surface area contributed by atoms with Crippen LogP contribution in [0.3, 0.4) is 0 Å². The molecule has 0 aromatic heterocycles. The first-order valence-corrected chi connectivity index (χ1v) is 8.46. The highest BCUT2D eigenvalue weighted by Gasteiger charge is 2.18. The fourth-order valence-electron chi connectivity index (χ4n) is 2.59. The second kappa shape index (κ2) is 8.35. The average Bonchev–Trinajstić information content (AvgIpc) is 2.89. The van der Waals surface area contributed by atoms with E-state index in [1.165, 1.54) is 6.42 Å². The summed E-state index contributed by atoms with van der Waals surface area (Å²) in [6, 6.07) is 7.86. The molecule has 1 aromatic carbocycles. The quantitative estimate of drug-likeness (QED) is 0.783. The Bertz CT molecular complexity index is 525. The number of likely N-dealkylation sites (tertiary alicyclic amines) is 1. The highest BCUT2D eigenvalue weighted by atomic mass is 16.6. The number of hydrogen-bond donors (Lipinski definition) is 2. The molecule has 134 valence electrons. The first-order chi connectivity index (χ1) is 11.3. The Morgan fingerprint density at radius 3 is 2.58 bits per heavy atom. The molecule has 0 aliphatic carbocycles. The molecule has 1 aromatic rings. The van der Waals surface area contributed by atoms with Crippen LogP contribution < -0.4 is 15.4 Å². The van der Waals surface area contributed by atoms with Gasteiger partial charge in [-0.3, -0.25) is 5.32 Å². The van der Waals surface area contributed by atoms with Crippen LogP contribution in [0, 0.1) is 0 Å². The lowest BCUT2D eigenvalue weighted by Gasteiger charge is -2.19. The van der Waals surface area contributed by atoms with Crippen molar-refractivity contribution in [2.75, 3.05) is 38.6 Å². The lowest BCUT2D eigenvalue weighted by atomic mass is 10.2. The first-order valence-electron chi connectivity index (χ1n) is 8.46. The predicted molar refractivity (Wildman–Crippen MR) is 95.7 cm³/mol. The topological polar surface area (TPSA) is 62.8 Å². The number of ether oxygens (including phenoxy) is 2. The Morgan fingerprint density at radius 1 is 1.29 bits per heavy atom. The second-order valence-corrected chi connectivity index (χ2v) is 7.20. The van der Waals surface area contributed by atoms with Crippen molar-refractivity contribution in [2.24, 2.45) is 0 Å². The molecular weight excluding hydrogens is 306 g/mol. The van der Waals surface area contributed by atoms with Gasteiger partial charge in [0.15, 0.2) is 0 Å². The van der Waals surface area contributed by atoms with E-state index in [1.54, 1.807) is 12.1 Å². The summed E-state index contributed by atoms with van der Waals surface area (Å²) in [6.07, 6.45) is 0.739. The molecule has 24 heavy (non-hydrogen) atoms. The van der Waals surface area contributed by atoms with Crippen molar-refractivity contribution in [2.45, 2.75) is 38.8 Å². The summed E-state index contributed by atoms with van der Waals surface area (Å²) in [7, 11) is 2.14. The van der Waals surface area contributed by atoms with Gasteiger partial charge in [0, 0.05) is 24.8 Å². The molecule has 0 radical (unpaired) electrons. The van der Waals surface area contributed by atoms with Crippen molar-refractivity contribution in [1.29, 1.82) is 0 Å². The number of carbonyl (C=O) groups is 1. The molecule has 6 heteroatoms. The fourth-order valence-corrected chi connectivity index (χ4v) is 2.59. The van der Waals surface area contributed by atoms with Crippen molar-refractivity contribution in [3.8, 4) is 5.75 Å². The molecule has 1 aliphatic heterocycles. The number of amides is 1. The molecule has 1 atom stereocenters. The minimum atomic E-state index is -0.506. The molecule has 0 saturated carbocycles. The predicted octanol–water partition coefficient (Wildman–Crippen LogP) is 2.71. The molecule has 1 unspecified atom stereocenters. The molecule has 2 N–H and O–H groups in total. The Morgan fingerprint density at radius 2 is 2.00 bits per heavy atom. The van der Waals surface area contributed by atoms with Gasteiger partial charge in [0.1, 0.15) is 18.0 Å². The van der Waals surface area contributed by atoms with Crippen LogP contribution in [0.2, 0.25) is 0 Å². The maximum atomic E-state index is 11.7. The average molecular weight is 335 g/mol. The summed E-state index contributed by atoms with van der Waals surface area (Å²) in [5.41, 5.74) is 0.178. The number of nitrogens with zero attached hydrogens (tertiary/aromatic N) is 1. The highest BCUT2D eigenvalue weighted by molar-refractivity contribution is 5.84. The van der Waals surface area contributed by atoms with E-state index in [1.807, 2.05) is 32.9 Å². The standard InChI is InChI=1S/C18H29N3O3/c1-18(2,3)24-17(22)20-14-5-7-16(8-6-14)23-12-10-19-15-9-11-21(4)13-15/h5-8,15,19H,9-13H2,1-4H3,(H,20,22). The Kier molecular flexibility index (Phi) is 6.45. The number of carbonyl (C=O) groups excluding carboxylic acids is 1. The van der Waals surface area contributed by atoms with Gasteiger partial charge in [-0.2, -0.15) is 0 Å². The van der Waals surface area contributed by atoms with E-state index in [-0.39, 0.29) is 0 Å². The molecule has 2 rings (SSSR count). The molecule has 1 heterocycles. The van der Waals surface area contributed by atoms with Crippen molar-refractivity contribution >= 4 is 11.8 Å². The highest BCUT2D eigenvalue weighted by Crippen LogP contribution is 2.17. The van der Waals surface area contributed by atoms with Crippen LogP contribution in [0.5, 0.6) is 5.75 Å². The van der Waals surface area contributed by atoms with Crippen LogP contribution >= 0.6 is 0 Å². The number of benzene rings is 1. The minimum Gasteiger partial charge on any atom is -0.492 e. The largest absolute Gasteiger partial charge is 0.492 e. The number of likely N-dealkylation sites (N-methyl/N-ethyl adjacent to an activating group) is 1. The zero-order valence-corrected chi connectivity index (χ0v) is 15.1. The van der Waals surface area contributed by atoms with E-state index >= 15 is 0 Å². The molecular formula is C18H29N3O3. The zero-order valence-electron chi connectivity index (χ0n) is 15.1. The van der Waals surface area contributed by atoms with Gasteiger partial charge in [-0.05, 0) is 65.0 Å². The van der Waals surface area contributed by atoms with E-state index in [4.69, 9.17) is 9.47 Å². The molecule has 0 spiro atoms. The summed E-state index contributed by atoms with van der Waals surface area (Å²) < 4.78 is 10.9. The SMILES string of the molecule is CN1CCC(NCCOc2ccc(NC(=O)OC(C)(C)C)cc2)C1. The van der Waals surface area contributed by atoms with Gasteiger partial charge in [-0.1, -0.05) is 0 Å². The van der Waals surface area contributed by atoms with Crippen LogP contribution in [0.1, 0.15) is 27.2 Å². The molecule has 6 nitrogen and oxygen atoms in total. The number of anilines is 1. The lowest BCUT2D eigenvalue weighted by Crippen LogP contribution is -2.34. The van der Waals surface area contributed by atoms with Gasteiger partial charge >= 0.3 is 6.09 Å². The van der Waals surface area contributed by atoms with Gasteiger partial charge in [0.2, 0.25) is 0 Å². The number of rotatable bonds is 6. The summed E-state index contributed by atoms with van der Waals surface area (Å²) in [6.45, 7) is 9.22. The summed E-state index contributed by atoms with van der Waals surface area (Å²) in [4.78, 5) is 14.0. The Hall–Kier alpha value is -1.79. The summed E-state index contributed by atoms with van der Waals surface area (Å²) >= 11 is 0. The van der Waals surface area contributed by atoms with E-state index in [0.717, 1.165) is 25.4 Å². The molecule has 1 fully saturated rings. The van der Waals surface area contributed by atoms with Gasteiger partial charge in [-0.25, -0.2) is 4.79 Å². The monoisotopic (exact) mass is 335 g/mol. The van der Waals surface area contributed by atoms with Crippen molar-refractivity contribution in [3.63, 3.8) is 0 Å². The molecule has 0 bridgehead atoms. The number of nitrogens with one attached hydrogen (secondary N) is 2. The second-order valence-electron chi connectivity index (χ2n) is 7.20. The van der Waals surface area contributed by atoms with Gasteiger partial charge in [-0.15, -0.1) is 0 Å². The Balaban J connectivity index is 1.67. The molecule has 1 amide bonds. The van der Waals surface area contributed by atoms with Crippen LogP contribution in [0.4, 0.5) is 10.5 Å². The Labute approximate surface area is 144 Å². The maximum Gasteiger partial charge on any atom is 0.412 e. The first kappa shape index (κ1) is 18.5. The smallest absolute Gasteiger partial charge is 0.412 e. The third kappa shape index (κ3) is 6.76. The van der Waals surface area contributed by atoms with E-state index in [9.17, 15) is 4.79 Å². The van der Waals surface area contributed by atoms with E-state index in [2.05, 4.69) is 22.6 Å². The van der Waals surface area contributed by atoms with Gasteiger partial charge in [0.05, 0.1) is 0 Å². The number of hydrogen-bond acceptors (Lipinski definition) is 5. The van der Waals surface area contributed by atoms with Gasteiger partial charge in [0.25, 0.3) is 0 Å². The molecule has 1 aliphatic rings. The lowest BCUT2D eigenvalue weighted by molar-refractivity contribution is 0.0636. The molecule has 1 saturated heterocycles. The van der Waals surface area contributed by atoms with Crippen molar-refractivity contribution in [1.82, 2.24) is 10.2 Å². The van der Waals surface area contributed by atoms with Gasteiger partial charge < -0.3 is 19.7 Å². The van der Waals surface area contributed by atoms with Crippen LogP contribution in [0.15, 0.2) is 24.3 Å². The summed E-state index contributed by atoms with van der Waals surface area (Å²) in [5, 5.41) is 6.20. The minimum absolute atomic E-state index is 0.457. The van der Waals surface area contributed by atoms with Crippen molar-refractivity contribution < 1.29 is 14.3 Å². The zero-order chi connectivity index (χ0) is 17.6. The maximum absolute atomic E-state index is 11.7. The fraction of sp³-hybridized carbons (Fsp3) is 0.611. The van der Waals surface area contributed by atoms with E-state index < -0.39 is 11.7 Å². The van der Waals surface area contributed by atoms with Crippen LogP contribution in [0.25, 0.3) is 0 Å². The van der Waals surface area contributed by atoms with E-state index in [0.29, 0.717) is 18.3 Å². The van der Waals surface area contributed by atoms with Crippen LogP contribution in [-0.2, 0) is 4.74 Å². The summed E-state index contributed by atoms with van der Waals surface area (Å²) in [5.74, 6) is 0.787.